The molecule has 0 aliphatic heterocycles. The monoisotopic (exact) mass is 575 g/mol. The molecule has 6 nitrogen and oxygen atoms in total. The van der Waals surface area contributed by atoms with E-state index in [1.165, 1.54) is 51.4 Å². The molecule has 0 radical (unpaired) electrons. The van der Waals surface area contributed by atoms with Crippen molar-refractivity contribution in [1.82, 2.24) is 16.0 Å². The molecular weight excluding hydrogens is 508 g/mol. The highest BCUT2D eigenvalue weighted by molar-refractivity contribution is 5.79. The number of rotatable bonds is 15. The summed E-state index contributed by atoms with van der Waals surface area (Å²) < 4.78 is 0. The van der Waals surface area contributed by atoms with Crippen LogP contribution in [0.2, 0.25) is 0 Å². The number of amides is 1. The molecule has 0 saturated heterocycles. The summed E-state index contributed by atoms with van der Waals surface area (Å²) in [7, 11) is 0. The smallest absolute Gasteiger partial charge is 0.223 e. The third-order valence-electron chi connectivity index (χ3n) is 13.3. The number of carbonyl (C=O) groups is 1. The summed E-state index contributed by atoms with van der Waals surface area (Å²) in [6.07, 6.45) is 15.3. The lowest BCUT2D eigenvalue weighted by molar-refractivity contribution is -0.190. The molecule has 4 saturated carbocycles. The molecule has 0 aromatic heterocycles. The van der Waals surface area contributed by atoms with E-state index in [0.717, 1.165) is 70.7 Å². The lowest BCUT2D eigenvalue weighted by Crippen LogP contribution is -2.60. The van der Waals surface area contributed by atoms with Crippen molar-refractivity contribution in [2.45, 2.75) is 124 Å². The van der Waals surface area contributed by atoms with Gasteiger partial charge in [-0.2, -0.15) is 0 Å². The molecule has 0 bridgehead atoms. The predicted molar refractivity (Wildman–Crippen MR) is 170 cm³/mol. The quantitative estimate of drug-likeness (QED) is 0.167. The lowest BCUT2D eigenvalue weighted by Gasteiger charge is -2.67. The van der Waals surface area contributed by atoms with Crippen molar-refractivity contribution in [3.05, 3.63) is 0 Å². The molecule has 0 aromatic carbocycles. The minimum absolute atomic E-state index is 0.0844. The molecule has 4 rings (SSSR count). The summed E-state index contributed by atoms with van der Waals surface area (Å²) in [6.45, 7) is 17.6. The molecule has 6 N–H and O–H groups in total. The molecule has 238 valence electrons. The Morgan fingerprint density at radius 1 is 0.854 bits per heavy atom. The molecular formula is C35H66N4O2. The number of hydrogen-bond donors (Lipinski definition) is 5. The zero-order chi connectivity index (χ0) is 29.7. The van der Waals surface area contributed by atoms with Crippen LogP contribution in [0, 0.1) is 51.8 Å². The van der Waals surface area contributed by atoms with Gasteiger partial charge in [0.25, 0.3) is 0 Å². The Morgan fingerprint density at radius 3 is 2.32 bits per heavy atom. The zero-order valence-electron chi connectivity index (χ0n) is 27.4. The van der Waals surface area contributed by atoms with Gasteiger partial charge in [0.2, 0.25) is 5.91 Å². The average molecular weight is 575 g/mol. The van der Waals surface area contributed by atoms with Crippen LogP contribution in [0.4, 0.5) is 0 Å². The Hall–Kier alpha value is -0.690. The normalized spacial score (nSPS) is 39.2. The number of aliphatic hydroxyl groups is 1. The SMILES string of the molecule is CC(C)CCCC(C(=O)NCCNCCCNCCN)[C@H]1CC[C@@]2(C)C1CCC1C3(C)CC[C@@H](O)CC3CC[C@@]12C. The van der Waals surface area contributed by atoms with Gasteiger partial charge >= 0.3 is 0 Å². The van der Waals surface area contributed by atoms with Gasteiger partial charge in [0, 0.05) is 32.1 Å². The summed E-state index contributed by atoms with van der Waals surface area (Å²) in [4.78, 5) is 13.8. The molecule has 9 atom stereocenters. The molecule has 0 spiro atoms. The third kappa shape index (κ3) is 7.02. The maximum Gasteiger partial charge on any atom is 0.223 e. The van der Waals surface area contributed by atoms with Gasteiger partial charge in [-0.25, -0.2) is 0 Å². The second-order valence-electron chi connectivity index (χ2n) is 15.8. The Labute approximate surface area is 252 Å². The third-order valence-corrected chi connectivity index (χ3v) is 13.3. The van der Waals surface area contributed by atoms with Gasteiger partial charge < -0.3 is 26.8 Å². The number of aliphatic hydroxyl groups excluding tert-OH is 1. The predicted octanol–water partition coefficient (Wildman–Crippen LogP) is 5.48. The number of carbonyl (C=O) groups excluding carboxylic acids is 1. The van der Waals surface area contributed by atoms with Crippen LogP contribution < -0.4 is 21.7 Å². The van der Waals surface area contributed by atoms with Crippen molar-refractivity contribution in [3.63, 3.8) is 0 Å². The van der Waals surface area contributed by atoms with Crippen LogP contribution in [-0.2, 0) is 4.79 Å². The van der Waals surface area contributed by atoms with Gasteiger partial charge in [-0.3, -0.25) is 4.79 Å². The summed E-state index contributed by atoms with van der Waals surface area (Å²) in [5.41, 5.74) is 6.58. The fourth-order valence-corrected chi connectivity index (χ4v) is 10.8. The van der Waals surface area contributed by atoms with E-state index in [-0.39, 0.29) is 12.0 Å². The van der Waals surface area contributed by atoms with E-state index in [9.17, 15) is 9.90 Å². The van der Waals surface area contributed by atoms with E-state index >= 15 is 0 Å². The van der Waals surface area contributed by atoms with Crippen LogP contribution in [0.15, 0.2) is 0 Å². The second-order valence-corrected chi connectivity index (χ2v) is 15.8. The molecule has 6 heteroatoms. The van der Waals surface area contributed by atoms with E-state index in [2.05, 4.69) is 50.6 Å². The zero-order valence-corrected chi connectivity index (χ0v) is 27.4. The van der Waals surface area contributed by atoms with Crippen LogP contribution in [0.3, 0.4) is 0 Å². The number of nitrogens with one attached hydrogen (secondary N) is 3. The lowest BCUT2D eigenvalue weighted by atomic mass is 9.37. The van der Waals surface area contributed by atoms with E-state index in [1.807, 2.05) is 0 Å². The van der Waals surface area contributed by atoms with Crippen LogP contribution in [0.5, 0.6) is 0 Å². The van der Waals surface area contributed by atoms with Crippen LogP contribution in [0.25, 0.3) is 0 Å². The molecule has 41 heavy (non-hydrogen) atoms. The molecule has 4 aliphatic rings. The van der Waals surface area contributed by atoms with Crippen LogP contribution in [-0.4, -0.2) is 56.4 Å². The molecule has 5 unspecified atom stereocenters. The van der Waals surface area contributed by atoms with Crippen molar-refractivity contribution in [3.8, 4) is 0 Å². The van der Waals surface area contributed by atoms with Gasteiger partial charge in [-0.15, -0.1) is 0 Å². The Bertz CT molecular complexity index is 837. The molecule has 4 fully saturated rings. The first kappa shape index (κ1) is 33.2. The van der Waals surface area contributed by atoms with E-state index in [0.29, 0.717) is 52.4 Å². The average Bonchev–Trinajstić information content (AvgIpc) is 3.28. The second kappa shape index (κ2) is 14.4. The van der Waals surface area contributed by atoms with E-state index < -0.39 is 0 Å². The highest BCUT2D eigenvalue weighted by Crippen LogP contribution is 2.74. The minimum Gasteiger partial charge on any atom is -0.393 e. The van der Waals surface area contributed by atoms with Gasteiger partial charge in [-0.05, 0) is 130 Å². The van der Waals surface area contributed by atoms with Gasteiger partial charge in [-0.1, -0.05) is 47.5 Å². The topological polar surface area (TPSA) is 99.4 Å². The van der Waals surface area contributed by atoms with Crippen molar-refractivity contribution in [2.24, 2.45) is 57.5 Å². The molecule has 4 aliphatic carbocycles. The number of fused-ring (bicyclic) bond motifs is 5. The minimum atomic E-state index is -0.0844. The first-order valence-corrected chi connectivity index (χ1v) is 17.6. The summed E-state index contributed by atoms with van der Waals surface area (Å²) in [5.74, 6) is 3.78. The van der Waals surface area contributed by atoms with Gasteiger partial charge in [0.15, 0.2) is 0 Å². The Morgan fingerprint density at radius 2 is 1.59 bits per heavy atom. The first-order chi connectivity index (χ1) is 19.6. The maximum atomic E-state index is 13.8. The van der Waals surface area contributed by atoms with E-state index in [4.69, 9.17) is 5.73 Å². The van der Waals surface area contributed by atoms with Crippen LogP contribution in [0.1, 0.15) is 118 Å². The maximum absolute atomic E-state index is 13.8. The summed E-state index contributed by atoms with van der Waals surface area (Å²) in [6, 6.07) is 0. The number of hydrogen-bond acceptors (Lipinski definition) is 5. The summed E-state index contributed by atoms with van der Waals surface area (Å²) in [5, 5.41) is 20.7. The van der Waals surface area contributed by atoms with Crippen molar-refractivity contribution >= 4 is 5.91 Å². The van der Waals surface area contributed by atoms with Crippen molar-refractivity contribution < 1.29 is 9.90 Å². The Balaban J connectivity index is 1.40. The van der Waals surface area contributed by atoms with E-state index in [1.54, 1.807) is 0 Å². The molecule has 1 amide bonds. The standard InChI is InChI=1S/C35H66N4O2/c1-25(2)8-6-9-29(32(41)39-23-22-38-20-7-19-37-21-18-36)28-14-17-34(4)30(28)10-11-31-33(3)15-13-27(40)24-26(33)12-16-35(31,34)5/h25-31,37-38,40H,6-24,36H2,1-5H3,(H,39,41)/t26?,27-,28-,29?,30?,31?,33?,34+,35+/m1/s1. The number of nitrogens with two attached hydrogens (primary N) is 1. The van der Waals surface area contributed by atoms with Gasteiger partial charge in [0.1, 0.15) is 0 Å². The highest BCUT2D eigenvalue weighted by Gasteiger charge is 2.67. The molecule has 0 aromatic rings. The largest absolute Gasteiger partial charge is 0.393 e. The fourth-order valence-electron chi connectivity index (χ4n) is 10.8. The van der Waals surface area contributed by atoms with Gasteiger partial charge in [0.05, 0.1) is 6.10 Å². The van der Waals surface area contributed by atoms with Crippen molar-refractivity contribution in [2.75, 3.05) is 39.3 Å². The first-order valence-electron chi connectivity index (χ1n) is 17.6. The molecule has 0 heterocycles. The van der Waals surface area contributed by atoms with Crippen molar-refractivity contribution in [1.29, 1.82) is 0 Å². The summed E-state index contributed by atoms with van der Waals surface area (Å²) >= 11 is 0. The Kier molecular flexibility index (Phi) is 11.7. The van der Waals surface area contributed by atoms with Crippen LogP contribution >= 0.6 is 0 Å². The highest BCUT2D eigenvalue weighted by atomic mass is 16.3. The fraction of sp³-hybridized carbons (Fsp3) is 0.971.